The van der Waals surface area contributed by atoms with E-state index in [1.54, 1.807) is 11.8 Å². The monoisotopic (exact) mass is 305 g/mol. The summed E-state index contributed by atoms with van der Waals surface area (Å²) >= 11 is 1.67. The average molecular weight is 305 g/mol. The quantitative estimate of drug-likeness (QED) is 0.664. The van der Waals surface area contributed by atoms with E-state index in [-0.39, 0.29) is 5.91 Å². The molecule has 0 radical (unpaired) electrons. The minimum absolute atomic E-state index is 0.265. The summed E-state index contributed by atoms with van der Waals surface area (Å²) in [6, 6.07) is 8.28. The van der Waals surface area contributed by atoms with Crippen LogP contribution in [0, 0.1) is 5.92 Å². The van der Waals surface area contributed by atoms with Gasteiger partial charge in [-0.2, -0.15) is 0 Å². The van der Waals surface area contributed by atoms with Gasteiger partial charge in [0, 0.05) is 11.4 Å². The molecule has 2 nitrogen and oxygen atoms in total. The second-order valence-corrected chi connectivity index (χ2v) is 6.90. The first-order valence-electron chi connectivity index (χ1n) is 8.28. The van der Waals surface area contributed by atoms with Crippen LogP contribution in [-0.2, 0) is 4.79 Å². The molecule has 1 amide bonds. The standard InChI is InChI=1S/C18H27NOS/c1-3-8-15(9-4-2)10-7-13-19-16-11-5-6-12-17(16)21-14-18(19)20/h5-6,11-12,15H,3-4,7-10,13-14H2,1-2H3. The molecule has 1 aliphatic rings. The Morgan fingerprint density at radius 3 is 2.57 bits per heavy atom. The van der Waals surface area contributed by atoms with Crippen molar-refractivity contribution in [2.24, 2.45) is 5.92 Å². The molecule has 1 aromatic rings. The van der Waals surface area contributed by atoms with Gasteiger partial charge < -0.3 is 4.90 Å². The molecule has 1 heterocycles. The predicted octanol–water partition coefficient (Wildman–Crippen LogP) is 5.12. The number of benzene rings is 1. The van der Waals surface area contributed by atoms with Crippen LogP contribution < -0.4 is 4.90 Å². The van der Waals surface area contributed by atoms with Crippen molar-refractivity contribution >= 4 is 23.4 Å². The second kappa shape index (κ2) is 8.47. The number of rotatable bonds is 8. The van der Waals surface area contributed by atoms with Crippen LogP contribution in [0.15, 0.2) is 29.2 Å². The van der Waals surface area contributed by atoms with Gasteiger partial charge in [0.2, 0.25) is 5.91 Å². The smallest absolute Gasteiger partial charge is 0.237 e. The van der Waals surface area contributed by atoms with Crippen LogP contribution in [-0.4, -0.2) is 18.2 Å². The Hall–Kier alpha value is -0.960. The first-order valence-corrected chi connectivity index (χ1v) is 9.27. The summed E-state index contributed by atoms with van der Waals surface area (Å²) in [6.07, 6.45) is 7.57. The zero-order valence-electron chi connectivity index (χ0n) is 13.3. The molecule has 0 atom stereocenters. The number of hydrogen-bond acceptors (Lipinski definition) is 2. The summed E-state index contributed by atoms with van der Waals surface area (Å²) < 4.78 is 0. The summed E-state index contributed by atoms with van der Waals surface area (Å²) in [5.41, 5.74) is 1.11. The number of anilines is 1. The molecule has 0 aliphatic carbocycles. The first-order chi connectivity index (χ1) is 10.3. The second-order valence-electron chi connectivity index (χ2n) is 5.89. The highest BCUT2D eigenvalue weighted by molar-refractivity contribution is 8.00. The van der Waals surface area contributed by atoms with Gasteiger partial charge in [-0.1, -0.05) is 51.7 Å². The van der Waals surface area contributed by atoms with Crippen molar-refractivity contribution in [2.75, 3.05) is 17.2 Å². The highest BCUT2D eigenvalue weighted by Gasteiger charge is 2.23. The Balaban J connectivity index is 1.91. The maximum atomic E-state index is 12.2. The Morgan fingerprint density at radius 1 is 1.14 bits per heavy atom. The van der Waals surface area contributed by atoms with Gasteiger partial charge >= 0.3 is 0 Å². The number of fused-ring (bicyclic) bond motifs is 1. The lowest BCUT2D eigenvalue weighted by Crippen LogP contribution is -2.36. The predicted molar refractivity (Wildman–Crippen MR) is 92.1 cm³/mol. The van der Waals surface area contributed by atoms with Crippen molar-refractivity contribution in [1.82, 2.24) is 0 Å². The fraction of sp³-hybridized carbons (Fsp3) is 0.611. The molecule has 0 N–H and O–H groups in total. The van der Waals surface area contributed by atoms with E-state index in [2.05, 4.69) is 32.0 Å². The number of amides is 1. The van der Waals surface area contributed by atoms with Crippen LogP contribution >= 0.6 is 11.8 Å². The minimum Gasteiger partial charge on any atom is -0.311 e. The number of nitrogens with zero attached hydrogens (tertiary/aromatic N) is 1. The van der Waals surface area contributed by atoms with Crippen LogP contribution in [0.2, 0.25) is 0 Å². The van der Waals surface area contributed by atoms with Gasteiger partial charge in [-0.25, -0.2) is 0 Å². The van der Waals surface area contributed by atoms with Crippen LogP contribution in [0.25, 0.3) is 0 Å². The van der Waals surface area contributed by atoms with Crippen LogP contribution in [0.5, 0.6) is 0 Å². The normalized spacial score (nSPS) is 14.6. The summed E-state index contributed by atoms with van der Waals surface area (Å²) in [5, 5.41) is 0. The van der Waals surface area contributed by atoms with Crippen LogP contribution in [0.3, 0.4) is 0 Å². The Bertz CT molecular complexity index is 454. The molecule has 0 saturated heterocycles. The molecular weight excluding hydrogens is 278 g/mol. The van der Waals surface area contributed by atoms with Crippen molar-refractivity contribution in [3.05, 3.63) is 24.3 Å². The van der Waals surface area contributed by atoms with E-state index in [9.17, 15) is 4.79 Å². The van der Waals surface area contributed by atoms with Gasteiger partial charge in [0.15, 0.2) is 0 Å². The van der Waals surface area contributed by atoms with Crippen molar-refractivity contribution < 1.29 is 4.79 Å². The number of carbonyl (C=O) groups is 1. The highest BCUT2D eigenvalue weighted by Crippen LogP contribution is 2.35. The van der Waals surface area contributed by atoms with Crippen molar-refractivity contribution in [3.8, 4) is 0 Å². The maximum Gasteiger partial charge on any atom is 0.237 e. The van der Waals surface area contributed by atoms with Crippen LogP contribution in [0.4, 0.5) is 5.69 Å². The first kappa shape index (κ1) is 16.4. The fourth-order valence-electron chi connectivity index (χ4n) is 3.19. The lowest BCUT2D eigenvalue weighted by atomic mass is 9.93. The third kappa shape index (κ3) is 4.50. The zero-order valence-corrected chi connectivity index (χ0v) is 14.1. The van der Waals surface area contributed by atoms with Gasteiger partial charge in [0.1, 0.15) is 0 Å². The molecule has 1 aliphatic heterocycles. The molecule has 0 unspecified atom stereocenters. The van der Waals surface area contributed by atoms with Crippen molar-refractivity contribution in [1.29, 1.82) is 0 Å². The largest absolute Gasteiger partial charge is 0.311 e. The van der Waals surface area contributed by atoms with Crippen molar-refractivity contribution in [3.63, 3.8) is 0 Å². The topological polar surface area (TPSA) is 20.3 Å². The molecule has 2 rings (SSSR count). The van der Waals surface area contributed by atoms with E-state index in [4.69, 9.17) is 0 Å². The highest BCUT2D eigenvalue weighted by atomic mass is 32.2. The Morgan fingerprint density at radius 2 is 1.86 bits per heavy atom. The minimum atomic E-state index is 0.265. The average Bonchev–Trinajstić information content (AvgIpc) is 2.50. The molecule has 0 spiro atoms. The molecule has 0 aromatic heterocycles. The summed E-state index contributed by atoms with van der Waals surface area (Å²) in [4.78, 5) is 15.4. The van der Waals surface area contributed by atoms with Gasteiger partial charge in [0.05, 0.1) is 11.4 Å². The summed E-state index contributed by atoms with van der Waals surface area (Å²) in [5.74, 6) is 1.69. The zero-order chi connectivity index (χ0) is 15.1. The van der Waals surface area contributed by atoms with E-state index in [0.717, 1.165) is 24.6 Å². The number of thioether (sulfide) groups is 1. The molecular formula is C18H27NOS. The third-order valence-corrected chi connectivity index (χ3v) is 5.24. The van der Waals surface area contributed by atoms with E-state index >= 15 is 0 Å². The SMILES string of the molecule is CCCC(CCC)CCCN1C(=O)CSc2ccccc21. The number of carbonyl (C=O) groups excluding carboxylic acids is 1. The maximum absolute atomic E-state index is 12.2. The van der Waals surface area contributed by atoms with Gasteiger partial charge in [0.25, 0.3) is 0 Å². The van der Waals surface area contributed by atoms with Crippen molar-refractivity contribution in [2.45, 2.75) is 57.3 Å². The summed E-state index contributed by atoms with van der Waals surface area (Å²) in [7, 11) is 0. The van der Waals surface area contributed by atoms with Gasteiger partial charge in [-0.15, -0.1) is 11.8 Å². The van der Waals surface area contributed by atoms with Gasteiger partial charge in [-0.3, -0.25) is 4.79 Å². The lowest BCUT2D eigenvalue weighted by molar-refractivity contribution is -0.116. The summed E-state index contributed by atoms with van der Waals surface area (Å²) in [6.45, 7) is 5.41. The molecule has 3 heteroatoms. The molecule has 116 valence electrons. The Kier molecular flexibility index (Phi) is 6.62. The third-order valence-electron chi connectivity index (χ3n) is 4.20. The molecule has 1 aromatic carbocycles. The van der Waals surface area contributed by atoms with Gasteiger partial charge in [-0.05, 0) is 30.9 Å². The Labute approximate surface area is 133 Å². The van der Waals surface area contributed by atoms with E-state index in [0.29, 0.717) is 5.75 Å². The van der Waals surface area contributed by atoms with E-state index in [1.807, 2.05) is 11.0 Å². The van der Waals surface area contributed by atoms with E-state index in [1.165, 1.54) is 37.0 Å². The van der Waals surface area contributed by atoms with E-state index < -0.39 is 0 Å². The number of para-hydroxylation sites is 1. The lowest BCUT2D eigenvalue weighted by Gasteiger charge is -2.29. The molecule has 0 bridgehead atoms. The van der Waals surface area contributed by atoms with Crippen LogP contribution in [0.1, 0.15) is 52.4 Å². The molecule has 0 saturated carbocycles. The molecule has 21 heavy (non-hydrogen) atoms. The number of hydrogen-bond donors (Lipinski definition) is 0. The molecule has 0 fully saturated rings. The fourth-order valence-corrected chi connectivity index (χ4v) is 4.12.